The fraction of sp³-hybridized carbons (Fsp3) is 0.200. The van der Waals surface area contributed by atoms with Crippen LogP contribution in [0.4, 0.5) is 0 Å². The van der Waals surface area contributed by atoms with Crippen LogP contribution in [0.3, 0.4) is 0 Å². The lowest BCUT2D eigenvalue weighted by Crippen LogP contribution is -2.23. The fourth-order valence-corrected chi connectivity index (χ4v) is 5.04. The lowest BCUT2D eigenvalue weighted by atomic mass is 10.1. The Hall–Kier alpha value is -1.57. The molecule has 1 heterocycles. The van der Waals surface area contributed by atoms with Gasteiger partial charge in [0.1, 0.15) is 12.4 Å². The maximum absolute atomic E-state index is 12.3. The molecule has 4 nitrogen and oxygen atoms in total. The monoisotopic (exact) mass is 508 g/mol. The molecule has 0 atom stereocenters. The van der Waals surface area contributed by atoms with E-state index in [1.165, 1.54) is 17.3 Å². The summed E-state index contributed by atoms with van der Waals surface area (Å²) >= 11 is 8.53. The second-order valence-corrected chi connectivity index (χ2v) is 8.79. The van der Waals surface area contributed by atoms with Gasteiger partial charge in [-0.2, -0.15) is 0 Å². The Morgan fingerprint density at radius 3 is 2.52 bits per heavy atom. The Bertz CT molecular complexity index is 934. The van der Waals surface area contributed by atoms with Crippen molar-refractivity contribution >= 4 is 60.8 Å². The Balaban J connectivity index is 1.81. The van der Waals surface area contributed by atoms with Gasteiger partial charge in [-0.05, 0) is 79.9 Å². The zero-order valence-corrected chi connectivity index (χ0v) is 19.1. The second kappa shape index (κ2) is 8.63. The number of benzene rings is 2. The molecule has 140 valence electrons. The molecule has 1 saturated heterocycles. The van der Waals surface area contributed by atoms with E-state index in [1.807, 2.05) is 30.3 Å². The van der Waals surface area contributed by atoms with Crippen LogP contribution in [0.1, 0.15) is 16.7 Å². The van der Waals surface area contributed by atoms with E-state index in [1.54, 1.807) is 19.0 Å². The molecule has 0 N–H and O–H groups in total. The lowest BCUT2D eigenvalue weighted by Gasteiger charge is -2.12. The molecule has 7 heteroatoms. The van der Waals surface area contributed by atoms with Crippen molar-refractivity contribution in [1.82, 2.24) is 4.90 Å². The summed E-state index contributed by atoms with van der Waals surface area (Å²) < 4.78 is 7.64. The van der Waals surface area contributed by atoms with E-state index in [2.05, 4.69) is 55.9 Å². The van der Waals surface area contributed by atoms with Gasteiger partial charge in [-0.3, -0.25) is 14.7 Å². The van der Waals surface area contributed by atoms with E-state index in [-0.39, 0.29) is 5.91 Å². The summed E-state index contributed by atoms with van der Waals surface area (Å²) in [4.78, 5) is 18.6. The van der Waals surface area contributed by atoms with Crippen molar-refractivity contribution in [3.8, 4) is 5.75 Å². The summed E-state index contributed by atoms with van der Waals surface area (Å²) in [7, 11) is 3.41. The van der Waals surface area contributed by atoms with Gasteiger partial charge in [-0.25, -0.2) is 0 Å². The molecular formula is C20H18Br2N2O2S. The number of hydrogen-bond acceptors (Lipinski definition) is 4. The number of aryl methyl sites for hydroxylation is 1. The smallest absolute Gasteiger partial charge is 0.266 e. The number of aliphatic imine (C=N–C) groups is 1. The standard InChI is InChI=1S/C20H18Br2N2O2S/c1-12-5-4-6-13(7-12)11-26-18-15(21)8-14(9-16(18)22)10-17-19(25)24(3)20(23-2)27-17/h4-10H,11H2,1-3H3/b17-10+,23-20?. The number of amidine groups is 1. The average molecular weight is 510 g/mol. The molecule has 0 spiro atoms. The fourth-order valence-electron chi connectivity index (χ4n) is 2.66. The summed E-state index contributed by atoms with van der Waals surface area (Å²) in [5.41, 5.74) is 3.22. The van der Waals surface area contributed by atoms with Crippen LogP contribution in [0.25, 0.3) is 6.08 Å². The van der Waals surface area contributed by atoms with Crippen LogP contribution in [0.5, 0.6) is 5.75 Å². The third kappa shape index (κ3) is 4.65. The molecule has 1 aliphatic rings. The Morgan fingerprint density at radius 2 is 1.93 bits per heavy atom. The molecule has 0 unspecified atom stereocenters. The van der Waals surface area contributed by atoms with Gasteiger partial charge >= 0.3 is 0 Å². The number of nitrogens with zero attached hydrogens (tertiary/aromatic N) is 2. The van der Waals surface area contributed by atoms with Crippen molar-refractivity contribution in [3.63, 3.8) is 0 Å². The molecular weight excluding hydrogens is 492 g/mol. The van der Waals surface area contributed by atoms with Crippen LogP contribution < -0.4 is 4.74 Å². The minimum atomic E-state index is -0.0485. The van der Waals surface area contributed by atoms with Crippen molar-refractivity contribution in [3.05, 3.63) is 66.9 Å². The van der Waals surface area contributed by atoms with Gasteiger partial charge in [0.05, 0.1) is 13.9 Å². The van der Waals surface area contributed by atoms with E-state index < -0.39 is 0 Å². The third-order valence-corrected chi connectivity index (χ3v) is 6.31. The van der Waals surface area contributed by atoms with E-state index in [9.17, 15) is 4.79 Å². The summed E-state index contributed by atoms with van der Waals surface area (Å²) in [6.45, 7) is 2.54. The van der Waals surface area contributed by atoms with Gasteiger partial charge in [-0.15, -0.1) is 0 Å². The second-order valence-electron chi connectivity index (χ2n) is 6.07. The van der Waals surface area contributed by atoms with E-state index in [0.717, 1.165) is 25.8 Å². The summed E-state index contributed by atoms with van der Waals surface area (Å²) in [6, 6.07) is 12.1. The molecule has 1 aliphatic heterocycles. The normalized spacial score (nSPS) is 17.2. The zero-order chi connectivity index (χ0) is 19.6. The first kappa shape index (κ1) is 20.2. The van der Waals surface area contributed by atoms with Crippen LogP contribution in [-0.4, -0.2) is 30.1 Å². The summed E-state index contributed by atoms with van der Waals surface area (Å²) in [5, 5.41) is 0.697. The van der Waals surface area contributed by atoms with Gasteiger partial charge in [0, 0.05) is 14.1 Å². The molecule has 2 aromatic rings. The van der Waals surface area contributed by atoms with Crippen LogP contribution >= 0.6 is 43.6 Å². The minimum Gasteiger partial charge on any atom is -0.487 e. The number of carbonyl (C=O) groups excluding carboxylic acids is 1. The highest BCUT2D eigenvalue weighted by molar-refractivity contribution is 9.11. The number of halogens is 2. The van der Waals surface area contributed by atoms with Crippen molar-refractivity contribution in [2.45, 2.75) is 13.5 Å². The van der Waals surface area contributed by atoms with Crippen LogP contribution in [0, 0.1) is 6.92 Å². The van der Waals surface area contributed by atoms with Crippen molar-refractivity contribution in [2.24, 2.45) is 4.99 Å². The lowest BCUT2D eigenvalue weighted by molar-refractivity contribution is -0.121. The predicted octanol–water partition coefficient (Wildman–Crippen LogP) is 5.63. The number of hydrogen-bond donors (Lipinski definition) is 0. The molecule has 1 fully saturated rings. The van der Waals surface area contributed by atoms with Crippen molar-refractivity contribution in [2.75, 3.05) is 14.1 Å². The molecule has 0 aromatic heterocycles. The SMILES string of the molecule is CN=C1S/C(=C/c2cc(Br)c(OCc3cccc(C)c3)c(Br)c2)C(=O)N1C. The molecule has 27 heavy (non-hydrogen) atoms. The maximum Gasteiger partial charge on any atom is 0.266 e. The first-order valence-corrected chi connectivity index (χ1v) is 10.6. The number of thioether (sulfide) groups is 1. The minimum absolute atomic E-state index is 0.0485. The molecule has 0 radical (unpaired) electrons. The number of amides is 1. The van der Waals surface area contributed by atoms with E-state index in [0.29, 0.717) is 16.7 Å². The molecule has 0 saturated carbocycles. The van der Waals surface area contributed by atoms with Gasteiger partial charge in [-0.1, -0.05) is 29.8 Å². The van der Waals surface area contributed by atoms with Crippen LogP contribution in [0.15, 0.2) is 55.2 Å². The number of rotatable bonds is 4. The molecule has 1 amide bonds. The highest BCUT2D eigenvalue weighted by Gasteiger charge is 2.29. The average Bonchev–Trinajstić information content (AvgIpc) is 2.89. The van der Waals surface area contributed by atoms with Gasteiger partial charge in [0.25, 0.3) is 5.91 Å². The van der Waals surface area contributed by atoms with Crippen molar-refractivity contribution < 1.29 is 9.53 Å². The van der Waals surface area contributed by atoms with E-state index >= 15 is 0 Å². The molecule has 0 aliphatic carbocycles. The number of carbonyl (C=O) groups is 1. The quantitative estimate of drug-likeness (QED) is 0.501. The zero-order valence-electron chi connectivity index (χ0n) is 15.1. The summed E-state index contributed by atoms with van der Waals surface area (Å²) in [5.74, 6) is 0.685. The largest absolute Gasteiger partial charge is 0.487 e. The Morgan fingerprint density at radius 1 is 1.22 bits per heavy atom. The third-order valence-electron chi connectivity index (χ3n) is 3.98. The molecule has 3 rings (SSSR count). The molecule has 2 aromatic carbocycles. The topological polar surface area (TPSA) is 41.9 Å². The number of likely N-dealkylation sites (N-methyl/N-ethyl adjacent to an activating group) is 1. The van der Waals surface area contributed by atoms with Gasteiger partial charge in [0.15, 0.2) is 5.17 Å². The highest BCUT2D eigenvalue weighted by atomic mass is 79.9. The first-order valence-electron chi connectivity index (χ1n) is 8.21. The number of ether oxygens (including phenoxy) is 1. The van der Waals surface area contributed by atoms with Crippen LogP contribution in [0.2, 0.25) is 0 Å². The van der Waals surface area contributed by atoms with Gasteiger partial charge in [0.2, 0.25) is 0 Å². The maximum atomic E-state index is 12.3. The van der Waals surface area contributed by atoms with Crippen LogP contribution in [-0.2, 0) is 11.4 Å². The Kier molecular flexibility index (Phi) is 6.44. The first-order chi connectivity index (χ1) is 12.9. The summed E-state index contributed by atoms with van der Waals surface area (Å²) in [6.07, 6.45) is 1.86. The predicted molar refractivity (Wildman–Crippen MR) is 119 cm³/mol. The van der Waals surface area contributed by atoms with E-state index in [4.69, 9.17) is 4.74 Å². The highest BCUT2D eigenvalue weighted by Crippen LogP contribution is 2.37. The Labute approximate surface area is 180 Å². The van der Waals surface area contributed by atoms with Crippen molar-refractivity contribution in [1.29, 1.82) is 0 Å². The van der Waals surface area contributed by atoms with Gasteiger partial charge < -0.3 is 4.74 Å². The molecule has 0 bridgehead atoms.